The number of aryl methyl sites for hydroxylation is 1. The summed E-state index contributed by atoms with van der Waals surface area (Å²) in [5.41, 5.74) is -0.862. The normalized spacial score (nSPS) is 12.4. The van der Waals surface area contributed by atoms with Crippen molar-refractivity contribution in [2.24, 2.45) is 7.05 Å². The van der Waals surface area contributed by atoms with Crippen molar-refractivity contribution >= 4 is 20.8 Å². The number of sulfone groups is 1. The lowest BCUT2D eigenvalue weighted by Crippen LogP contribution is -2.12. The van der Waals surface area contributed by atoms with Crippen LogP contribution in [-0.4, -0.2) is 23.7 Å². The highest BCUT2D eigenvalue weighted by molar-refractivity contribution is 7.91. The molecule has 0 bridgehead atoms. The third kappa shape index (κ3) is 3.81. The summed E-state index contributed by atoms with van der Waals surface area (Å²) in [4.78, 5) is 17.1. The summed E-state index contributed by atoms with van der Waals surface area (Å²) in [6.07, 6.45) is 1.38. The van der Waals surface area contributed by atoms with E-state index in [0.29, 0.717) is 5.56 Å². The molecule has 166 valence electrons. The first kappa shape index (κ1) is 21.8. The van der Waals surface area contributed by atoms with Crippen molar-refractivity contribution in [1.29, 1.82) is 0 Å². The first-order valence-electron chi connectivity index (χ1n) is 9.49. The molecule has 4 rings (SSSR count). The predicted molar refractivity (Wildman–Crippen MR) is 113 cm³/mol. The molecule has 32 heavy (non-hydrogen) atoms. The SMILES string of the molecule is CCS(=O)(=O)c1cc(-c2ccn(C)c2)cnc1-c1coc2cc(C(F)(F)F)ccc2c1=O. The van der Waals surface area contributed by atoms with E-state index in [0.717, 1.165) is 30.0 Å². The minimum absolute atomic E-state index is 0.107. The Bertz CT molecular complexity index is 1500. The molecule has 0 spiro atoms. The van der Waals surface area contributed by atoms with Crippen molar-refractivity contribution in [3.05, 3.63) is 71.0 Å². The predicted octanol–water partition coefficient (Wildman–Crippen LogP) is 4.67. The fraction of sp³-hybridized carbons (Fsp3) is 0.182. The van der Waals surface area contributed by atoms with Crippen LogP contribution in [-0.2, 0) is 23.1 Å². The van der Waals surface area contributed by atoms with Crippen LogP contribution in [0.2, 0.25) is 0 Å². The summed E-state index contributed by atoms with van der Waals surface area (Å²) >= 11 is 0. The molecule has 0 unspecified atom stereocenters. The van der Waals surface area contributed by atoms with Gasteiger partial charge in [-0.25, -0.2) is 8.42 Å². The zero-order valence-electron chi connectivity index (χ0n) is 17.0. The summed E-state index contributed by atoms with van der Waals surface area (Å²) in [6, 6.07) is 5.75. The van der Waals surface area contributed by atoms with Gasteiger partial charge in [0.05, 0.1) is 32.9 Å². The Morgan fingerprint density at radius 1 is 1.12 bits per heavy atom. The number of fused-ring (bicyclic) bond motifs is 1. The zero-order valence-corrected chi connectivity index (χ0v) is 17.8. The average Bonchev–Trinajstić information content (AvgIpc) is 3.19. The summed E-state index contributed by atoms with van der Waals surface area (Å²) in [5.74, 6) is -0.228. The second-order valence-corrected chi connectivity index (χ2v) is 9.47. The number of benzene rings is 1. The van der Waals surface area contributed by atoms with Gasteiger partial charge in [0.15, 0.2) is 9.84 Å². The molecule has 0 radical (unpaired) electrons. The molecule has 3 heterocycles. The maximum absolute atomic E-state index is 13.0. The summed E-state index contributed by atoms with van der Waals surface area (Å²) < 4.78 is 71.6. The highest BCUT2D eigenvalue weighted by Crippen LogP contribution is 2.33. The number of hydrogen-bond acceptors (Lipinski definition) is 5. The van der Waals surface area contributed by atoms with E-state index in [1.165, 1.54) is 19.2 Å². The van der Waals surface area contributed by atoms with Crippen molar-refractivity contribution in [2.45, 2.75) is 18.0 Å². The quantitative estimate of drug-likeness (QED) is 0.440. The van der Waals surface area contributed by atoms with Crippen LogP contribution in [0.25, 0.3) is 33.4 Å². The zero-order chi connectivity index (χ0) is 23.3. The Balaban J connectivity index is 1.94. The maximum Gasteiger partial charge on any atom is 0.416 e. The molecule has 0 saturated carbocycles. The molecule has 0 aliphatic rings. The molecule has 0 saturated heterocycles. The average molecular weight is 462 g/mol. The van der Waals surface area contributed by atoms with Crippen LogP contribution in [0.4, 0.5) is 13.2 Å². The fourth-order valence-electron chi connectivity index (χ4n) is 3.34. The first-order valence-corrected chi connectivity index (χ1v) is 11.1. The largest absolute Gasteiger partial charge is 0.463 e. The van der Waals surface area contributed by atoms with Crippen molar-refractivity contribution in [3.63, 3.8) is 0 Å². The Labute approximate surface area is 180 Å². The number of nitrogens with zero attached hydrogens (tertiary/aromatic N) is 2. The van der Waals surface area contributed by atoms with Crippen molar-refractivity contribution in [1.82, 2.24) is 9.55 Å². The summed E-state index contributed by atoms with van der Waals surface area (Å²) in [6.45, 7) is 1.47. The molecular weight excluding hydrogens is 445 g/mol. The minimum atomic E-state index is -4.59. The van der Waals surface area contributed by atoms with E-state index in [9.17, 15) is 26.4 Å². The molecule has 4 aromatic rings. The third-order valence-electron chi connectivity index (χ3n) is 5.09. The second kappa shape index (κ2) is 7.63. The van der Waals surface area contributed by atoms with Gasteiger partial charge in [0.25, 0.3) is 0 Å². The maximum atomic E-state index is 13.0. The van der Waals surface area contributed by atoms with E-state index in [1.54, 1.807) is 23.0 Å². The Kier molecular flexibility index (Phi) is 5.20. The van der Waals surface area contributed by atoms with Gasteiger partial charge in [0.1, 0.15) is 11.8 Å². The fourth-order valence-corrected chi connectivity index (χ4v) is 4.41. The van der Waals surface area contributed by atoms with Gasteiger partial charge in [-0.15, -0.1) is 0 Å². The number of rotatable bonds is 4. The second-order valence-electron chi connectivity index (χ2n) is 7.23. The standard InChI is InChI=1S/C22H17F3N2O4S/c1-3-32(29,30)19-8-14(13-6-7-27(2)11-13)10-26-20(19)17-12-31-18-9-15(22(23,24)25)4-5-16(18)21(17)28/h4-12H,3H2,1-2H3. The lowest BCUT2D eigenvalue weighted by Gasteiger charge is -2.11. The Morgan fingerprint density at radius 3 is 2.50 bits per heavy atom. The lowest BCUT2D eigenvalue weighted by molar-refractivity contribution is -0.137. The number of halogens is 3. The van der Waals surface area contributed by atoms with Crippen LogP contribution in [0, 0.1) is 0 Å². The van der Waals surface area contributed by atoms with Gasteiger partial charge in [-0.3, -0.25) is 9.78 Å². The van der Waals surface area contributed by atoms with Crippen LogP contribution in [0.5, 0.6) is 0 Å². The van der Waals surface area contributed by atoms with Gasteiger partial charge in [-0.1, -0.05) is 6.92 Å². The molecule has 0 aliphatic heterocycles. The third-order valence-corrected chi connectivity index (χ3v) is 6.83. The Morgan fingerprint density at radius 2 is 1.88 bits per heavy atom. The van der Waals surface area contributed by atoms with Crippen molar-refractivity contribution in [3.8, 4) is 22.4 Å². The van der Waals surface area contributed by atoms with Gasteiger partial charge in [-0.2, -0.15) is 13.2 Å². The number of hydrogen-bond donors (Lipinski definition) is 0. The van der Waals surface area contributed by atoms with Gasteiger partial charge < -0.3 is 8.98 Å². The topological polar surface area (TPSA) is 82.2 Å². The number of aromatic nitrogens is 2. The van der Waals surface area contributed by atoms with Gasteiger partial charge >= 0.3 is 6.18 Å². The smallest absolute Gasteiger partial charge is 0.416 e. The Hall–Kier alpha value is -3.40. The molecule has 3 aromatic heterocycles. The van der Waals surface area contributed by atoms with Crippen LogP contribution >= 0.6 is 0 Å². The van der Waals surface area contributed by atoms with Crippen molar-refractivity contribution in [2.75, 3.05) is 5.75 Å². The van der Waals surface area contributed by atoms with Gasteiger partial charge in [0.2, 0.25) is 5.43 Å². The van der Waals surface area contributed by atoms with E-state index in [4.69, 9.17) is 4.42 Å². The van der Waals surface area contributed by atoms with E-state index in [1.807, 2.05) is 7.05 Å². The van der Waals surface area contributed by atoms with Gasteiger partial charge in [-0.05, 0) is 30.3 Å². The van der Waals surface area contributed by atoms with Crippen LogP contribution in [0.1, 0.15) is 12.5 Å². The molecular formula is C22H17F3N2O4S. The number of pyridine rings is 1. The van der Waals surface area contributed by atoms with Crippen LogP contribution < -0.4 is 5.43 Å². The van der Waals surface area contributed by atoms with E-state index in [2.05, 4.69) is 4.98 Å². The highest BCUT2D eigenvalue weighted by atomic mass is 32.2. The van der Waals surface area contributed by atoms with E-state index in [-0.39, 0.29) is 32.9 Å². The molecule has 6 nitrogen and oxygen atoms in total. The molecule has 1 aromatic carbocycles. The van der Waals surface area contributed by atoms with Crippen molar-refractivity contribution < 1.29 is 26.0 Å². The lowest BCUT2D eigenvalue weighted by atomic mass is 10.1. The molecule has 0 fully saturated rings. The van der Waals surface area contributed by atoms with E-state index < -0.39 is 27.0 Å². The molecule has 10 heteroatoms. The molecule has 0 amide bonds. The monoisotopic (exact) mass is 462 g/mol. The highest BCUT2D eigenvalue weighted by Gasteiger charge is 2.31. The van der Waals surface area contributed by atoms with Crippen LogP contribution in [0.15, 0.2) is 69.3 Å². The number of alkyl halides is 3. The molecule has 0 atom stereocenters. The first-order chi connectivity index (χ1) is 15.0. The molecule has 0 N–H and O–H groups in total. The van der Waals surface area contributed by atoms with E-state index >= 15 is 0 Å². The van der Waals surface area contributed by atoms with Gasteiger partial charge in [0, 0.05) is 36.8 Å². The van der Waals surface area contributed by atoms with Crippen LogP contribution in [0.3, 0.4) is 0 Å². The minimum Gasteiger partial charge on any atom is -0.463 e. The summed E-state index contributed by atoms with van der Waals surface area (Å²) in [7, 11) is -1.98. The molecule has 0 aliphatic carbocycles. The summed E-state index contributed by atoms with van der Waals surface area (Å²) in [5, 5.41) is -0.107.